The molecule has 0 saturated heterocycles. The Morgan fingerprint density at radius 3 is 2.93 bits per heavy atom. The Balaban J connectivity index is 2.04. The van der Waals surface area contributed by atoms with E-state index in [-0.39, 0.29) is 0 Å². The molecule has 82 valence electrons. The number of hydrogen-bond donors (Lipinski definition) is 1. The normalized spacial score (nSPS) is 31.0. The third-order valence-corrected chi connectivity index (χ3v) is 3.57. The first-order valence-electron chi connectivity index (χ1n) is 6.14. The molecular weight excluding hydrogens is 182 g/mol. The molecule has 0 bridgehead atoms. The first kappa shape index (κ1) is 10.5. The highest BCUT2D eigenvalue weighted by Crippen LogP contribution is 2.31. The first-order chi connectivity index (χ1) is 7.29. The molecule has 2 rings (SSSR count). The van der Waals surface area contributed by atoms with Gasteiger partial charge in [-0.25, -0.2) is 0 Å². The van der Waals surface area contributed by atoms with Crippen LogP contribution in [0.3, 0.4) is 0 Å². The quantitative estimate of drug-likeness (QED) is 0.730. The predicted octanol–water partition coefficient (Wildman–Crippen LogP) is 3.54. The van der Waals surface area contributed by atoms with Gasteiger partial charge in [0.2, 0.25) is 0 Å². The van der Waals surface area contributed by atoms with Crippen LogP contribution < -0.4 is 5.73 Å². The molecule has 0 aromatic carbocycles. The fraction of sp³-hybridized carbons (Fsp3) is 0.571. The number of nitrogens with two attached hydrogens (primary N) is 1. The summed E-state index contributed by atoms with van der Waals surface area (Å²) in [6.07, 6.45) is 15.4. The Morgan fingerprint density at radius 2 is 2.33 bits per heavy atom. The SMILES string of the molecule is CCC1C=CC(C2C=C(N)CCC2)=CC1. The lowest BCUT2D eigenvalue weighted by Gasteiger charge is -2.23. The van der Waals surface area contributed by atoms with Crippen LogP contribution in [0.25, 0.3) is 0 Å². The molecule has 0 heterocycles. The number of allylic oxidation sites excluding steroid dienone is 6. The van der Waals surface area contributed by atoms with Gasteiger partial charge in [-0.3, -0.25) is 0 Å². The summed E-state index contributed by atoms with van der Waals surface area (Å²) >= 11 is 0. The van der Waals surface area contributed by atoms with Gasteiger partial charge in [-0.05, 0) is 43.6 Å². The molecule has 0 aromatic rings. The van der Waals surface area contributed by atoms with Crippen molar-refractivity contribution in [3.63, 3.8) is 0 Å². The molecule has 0 fully saturated rings. The average Bonchev–Trinajstić information content (AvgIpc) is 2.29. The molecule has 1 heteroatoms. The van der Waals surface area contributed by atoms with Crippen molar-refractivity contribution in [2.75, 3.05) is 0 Å². The number of hydrogen-bond acceptors (Lipinski definition) is 1. The van der Waals surface area contributed by atoms with Crippen molar-refractivity contribution in [2.45, 2.75) is 39.0 Å². The summed E-state index contributed by atoms with van der Waals surface area (Å²) in [4.78, 5) is 0. The van der Waals surface area contributed by atoms with Gasteiger partial charge >= 0.3 is 0 Å². The van der Waals surface area contributed by atoms with Crippen LogP contribution >= 0.6 is 0 Å². The molecule has 1 nitrogen and oxygen atoms in total. The molecule has 2 aliphatic rings. The monoisotopic (exact) mass is 203 g/mol. The summed E-state index contributed by atoms with van der Waals surface area (Å²) in [5.41, 5.74) is 8.46. The zero-order valence-corrected chi connectivity index (χ0v) is 9.58. The van der Waals surface area contributed by atoms with Crippen molar-refractivity contribution in [2.24, 2.45) is 17.6 Å². The minimum absolute atomic E-state index is 0.591. The molecule has 2 N–H and O–H groups in total. The molecule has 0 spiro atoms. The van der Waals surface area contributed by atoms with Gasteiger partial charge in [-0.15, -0.1) is 0 Å². The highest BCUT2D eigenvalue weighted by Gasteiger charge is 2.17. The van der Waals surface area contributed by atoms with Crippen molar-refractivity contribution in [1.29, 1.82) is 0 Å². The van der Waals surface area contributed by atoms with Crippen molar-refractivity contribution < 1.29 is 0 Å². The minimum Gasteiger partial charge on any atom is -0.402 e. The molecule has 2 unspecified atom stereocenters. The van der Waals surface area contributed by atoms with Gasteiger partial charge in [0, 0.05) is 11.6 Å². The Kier molecular flexibility index (Phi) is 3.30. The van der Waals surface area contributed by atoms with Crippen LogP contribution in [-0.4, -0.2) is 0 Å². The van der Waals surface area contributed by atoms with Gasteiger partial charge in [-0.2, -0.15) is 0 Å². The van der Waals surface area contributed by atoms with Crippen LogP contribution in [0.1, 0.15) is 39.0 Å². The van der Waals surface area contributed by atoms with Gasteiger partial charge < -0.3 is 5.73 Å². The van der Waals surface area contributed by atoms with Gasteiger partial charge in [0.05, 0.1) is 0 Å². The van der Waals surface area contributed by atoms with E-state index in [0.29, 0.717) is 5.92 Å². The van der Waals surface area contributed by atoms with E-state index in [1.54, 1.807) is 0 Å². The summed E-state index contributed by atoms with van der Waals surface area (Å²) in [6.45, 7) is 2.26. The van der Waals surface area contributed by atoms with Gasteiger partial charge in [0.1, 0.15) is 0 Å². The first-order valence-corrected chi connectivity index (χ1v) is 6.14. The summed E-state index contributed by atoms with van der Waals surface area (Å²) in [7, 11) is 0. The largest absolute Gasteiger partial charge is 0.402 e. The third kappa shape index (κ3) is 2.53. The van der Waals surface area contributed by atoms with Crippen molar-refractivity contribution >= 4 is 0 Å². The fourth-order valence-electron chi connectivity index (χ4n) is 2.47. The van der Waals surface area contributed by atoms with E-state index in [9.17, 15) is 0 Å². The van der Waals surface area contributed by atoms with Crippen LogP contribution in [0.5, 0.6) is 0 Å². The Labute approximate surface area is 92.7 Å². The third-order valence-electron chi connectivity index (χ3n) is 3.57. The zero-order chi connectivity index (χ0) is 10.7. The summed E-state index contributed by atoms with van der Waals surface area (Å²) in [5, 5.41) is 0. The van der Waals surface area contributed by atoms with Gasteiger partial charge in [0.25, 0.3) is 0 Å². The van der Waals surface area contributed by atoms with Gasteiger partial charge in [0.15, 0.2) is 0 Å². The minimum atomic E-state index is 0.591. The predicted molar refractivity (Wildman–Crippen MR) is 65.2 cm³/mol. The lowest BCUT2D eigenvalue weighted by molar-refractivity contribution is 0.572. The molecule has 0 aliphatic heterocycles. The second-order valence-corrected chi connectivity index (χ2v) is 4.71. The molecule has 0 radical (unpaired) electrons. The van der Waals surface area contributed by atoms with Crippen molar-refractivity contribution in [3.8, 4) is 0 Å². The highest BCUT2D eigenvalue weighted by atomic mass is 14.6. The standard InChI is InChI=1S/C14H21N/c1-2-11-6-8-12(9-7-11)13-4-3-5-14(15)10-13/h6,8-11,13H,2-5,7,15H2,1H3. The smallest absolute Gasteiger partial charge is 0.00461 e. The highest BCUT2D eigenvalue weighted by molar-refractivity contribution is 5.30. The fourth-order valence-corrected chi connectivity index (χ4v) is 2.47. The Bertz CT molecular complexity index is 309. The van der Waals surface area contributed by atoms with Crippen molar-refractivity contribution in [3.05, 3.63) is 35.6 Å². The summed E-state index contributed by atoms with van der Waals surface area (Å²) < 4.78 is 0. The molecular formula is C14H21N. The van der Waals surface area contributed by atoms with E-state index in [1.165, 1.54) is 31.3 Å². The maximum atomic E-state index is 5.90. The van der Waals surface area contributed by atoms with E-state index in [2.05, 4.69) is 31.2 Å². The van der Waals surface area contributed by atoms with Crippen LogP contribution in [0, 0.1) is 11.8 Å². The maximum absolute atomic E-state index is 5.90. The maximum Gasteiger partial charge on any atom is 0.00461 e. The van der Waals surface area contributed by atoms with Crippen LogP contribution in [0.4, 0.5) is 0 Å². The van der Waals surface area contributed by atoms with E-state index in [1.807, 2.05) is 0 Å². The zero-order valence-electron chi connectivity index (χ0n) is 9.58. The lowest BCUT2D eigenvalue weighted by Crippen LogP contribution is -2.12. The molecule has 0 amide bonds. The van der Waals surface area contributed by atoms with Crippen LogP contribution in [0.2, 0.25) is 0 Å². The second-order valence-electron chi connectivity index (χ2n) is 4.71. The number of rotatable bonds is 2. The molecule has 0 aromatic heterocycles. The van der Waals surface area contributed by atoms with Crippen molar-refractivity contribution in [1.82, 2.24) is 0 Å². The lowest BCUT2D eigenvalue weighted by atomic mass is 9.83. The summed E-state index contributed by atoms with van der Waals surface area (Å²) in [5.74, 6) is 1.35. The average molecular weight is 203 g/mol. The van der Waals surface area contributed by atoms with Gasteiger partial charge in [-0.1, -0.05) is 31.2 Å². The molecule has 15 heavy (non-hydrogen) atoms. The molecule has 2 aliphatic carbocycles. The Morgan fingerprint density at radius 1 is 1.47 bits per heavy atom. The molecule has 0 saturated carbocycles. The van der Waals surface area contributed by atoms with E-state index in [0.717, 1.165) is 18.0 Å². The van der Waals surface area contributed by atoms with Crippen LogP contribution in [0.15, 0.2) is 35.6 Å². The van der Waals surface area contributed by atoms with E-state index in [4.69, 9.17) is 5.73 Å². The Hall–Kier alpha value is -0.980. The van der Waals surface area contributed by atoms with Crippen LogP contribution in [-0.2, 0) is 0 Å². The van der Waals surface area contributed by atoms with E-state index < -0.39 is 0 Å². The topological polar surface area (TPSA) is 26.0 Å². The molecule has 2 atom stereocenters. The van der Waals surface area contributed by atoms with E-state index >= 15 is 0 Å². The second kappa shape index (κ2) is 4.69. The summed E-state index contributed by atoms with van der Waals surface area (Å²) in [6, 6.07) is 0.